The maximum absolute atomic E-state index is 13.2. The molecule has 2 aliphatic rings. The van der Waals surface area contributed by atoms with Crippen molar-refractivity contribution >= 4 is 11.8 Å². The maximum Gasteiger partial charge on any atom is 0.257 e. The van der Waals surface area contributed by atoms with Gasteiger partial charge in [0, 0.05) is 32.1 Å². The van der Waals surface area contributed by atoms with Crippen LogP contribution >= 0.6 is 0 Å². The second-order valence-electron chi connectivity index (χ2n) is 8.72. The van der Waals surface area contributed by atoms with Crippen LogP contribution in [-0.2, 0) is 11.4 Å². The molecule has 0 aromatic heterocycles. The highest BCUT2D eigenvalue weighted by molar-refractivity contribution is 5.97. The first-order chi connectivity index (χ1) is 15.6. The second kappa shape index (κ2) is 10.6. The summed E-state index contributed by atoms with van der Waals surface area (Å²) >= 11 is 0. The fraction of sp³-hybridized carbons (Fsp3) is 0.462. The van der Waals surface area contributed by atoms with Gasteiger partial charge in [-0.15, -0.1) is 0 Å². The molecule has 0 N–H and O–H groups in total. The number of amides is 2. The predicted octanol–water partition coefficient (Wildman–Crippen LogP) is 4.66. The topological polar surface area (TPSA) is 49.9 Å². The number of para-hydroxylation sites is 1. The maximum atomic E-state index is 13.2. The quantitative estimate of drug-likeness (QED) is 0.682. The van der Waals surface area contributed by atoms with Gasteiger partial charge < -0.3 is 14.5 Å². The highest BCUT2D eigenvalue weighted by Gasteiger charge is 2.31. The van der Waals surface area contributed by atoms with E-state index in [4.69, 9.17) is 4.74 Å². The van der Waals surface area contributed by atoms with Crippen LogP contribution in [0.5, 0.6) is 5.75 Å². The predicted molar refractivity (Wildman–Crippen MR) is 121 cm³/mol. The van der Waals surface area contributed by atoms with Crippen molar-refractivity contribution in [3.05, 3.63) is 65.5 Å². The molecule has 32 heavy (non-hydrogen) atoms. The first-order valence-electron chi connectivity index (χ1n) is 11.7. The molecular weight excluding hydrogens is 407 g/mol. The Morgan fingerprint density at radius 3 is 2.19 bits per heavy atom. The van der Waals surface area contributed by atoms with Crippen molar-refractivity contribution in [2.75, 3.05) is 26.2 Å². The lowest BCUT2D eigenvalue weighted by Gasteiger charge is -2.34. The zero-order valence-corrected chi connectivity index (χ0v) is 18.5. The molecule has 2 aromatic carbocycles. The molecule has 0 atom stereocenters. The Balaban J connectivity index is 1.35. The van der Waals surface area contributed by atoms with E-state index >= 15 is 0 Å². The van der Waals surface area contributed by atoms with Crippen LogP contribution in [-0.4, -0.2) is 47.8 Å². The van der Waals surface area contributed by atoms with Gasteiger partial charge in [0.1, 0.15) is 18.2 Å². The minimum absolute atomic E-state index is 0.0159. The lowest BCUT2D eigenvalue weighted by molar-refractivity contribution is -0.136. The van der Waals surface area contributed by atoms with Crippen LogP contribution in [0.25, 0.3) is 0 Å². The van der Waals surface area contributed by atoms with E-state index in [0.717, 1.165) is 31.5 Å². The monoisotopic (exact) mass is 438 g/mol. The lowest BCUT2D eigenvalue weighted by atomic mass is 9.94. The first-order valence-corrected chi connectivity index (χ1v) is 11.7. The van der Waals surface area contributed by atoms with E-state index in [1.54, 1.807) is 24.3 Å². The number of carbonyl (C=O) groups excluding carboxylic acids is 2. The molecule has 5 nitrogen and oxygen atoms in total. The van der Waals surface area contributed by atoms with Crippen LogP contribution < -0.4 is 4.74 Å². The minimum Gasteiger partial charge on any atom is -0.488 e. The van der Waals surface area contributed by atoms with Crippen LogP contribution in [0.2, 0.25) is 0 Å². The van der Waals surface area contributed by atoms with E-state index in [1.807, 2.05) is 21.9 Å². The fourth-order valence-electron chi connectivity index (χ4n) is 4.56. The summed E-state index contributed by atoms with van der Waals surface area (Å²) < 4.78 is 19.0. The summed E-state index contributed by atoms with van der Waals surface area (Å²) in [4.78, 5) is 30.0. The first kappa shape index (κ1) is 22.3. The van der Waals surface area contributed by atoms with E-state index in [0.29, 0.717) is 37.2 Å². The highest BCUT2D eigenvalue weighted by Crippen LogP contribution is 2.26. The average Bonchev–Trinajstić information content (AvgIpc) is 3.13. The Morgan fingerprint density at radius 2 is 1.50 bits per heavy atom. The molecular formula is C26H31FN2O3. The number of carbonyl (C=O) groups is 2. The third-order valence-electron chi connectivity index (χ3n) is 6.47. The van der Waals surface area contributed by atoms with Crippen molar-refractivity contribution in [3.63, 3.8) is 0 Å². The summed E-state index contributed by atoms with van der Waals surface area (Å²) in [5, 5.41) is 0. The van der Waals surface area contributed by atoms with Gasteiger partial charge in [0.2, 0.25) is 5.91 Å². The summed E-state index contributed by atoms with van der Waals surface area (Å²) in [5.41, 5.74) is 1.35. The molecule has 2 aliphatic heterocycles. The van der Waals surface area contributed by atoms with Crippen molar-refractivity contribution in [1.29, 1.82) is 0 Å². The number of likely N-dealkylation sites (tertiary alicyclic amines) is 2. The summed E-state index contributed by atoms with van der Waals surface area (Å²) in [7, 11) is 0. The Morgan fingerprint density at radius 1 is 0.844 bits per heavy atom. The lowest BCUT2D eigenvalue weighted by Crippen LogP contribution is -2.44. The molecule has 170 valence electrons. The number of hydrogen-bond acceptors (Lipinski definition) is 3. The van der Waals surface area contributed by atoms with Crippen LogP contribution in [0, 0.1) is 11.7 Å². The van der Waals surface area contributed by atoms with Gasteiger partial charge in [0.05, 0.1) is 5.56 Å². The summed E-state index contributed by atoms with van der Waals surface area (Å²) in [6, 6.07) is 13.4. The fourth-order valence-corrected chi connectivity index (χ4v) is 4.56. The molecule has 2 heterocycles. The average molecular weight is 439 g/mol. The third-order valence-corrected chi connectivity index (χ3v) is 6.47. The number of ether oxygens (including phenoxy) is 1. The number of hydrogen-bond donors (Lipinski definition) is 0. The molecule has 2 saturated heterocycles. The van der Waals surface area contributed by atoms with Gasteiger partial charge in [0.15, 0.2) is 0 Å². The molecule has 0 radical (unpaired) electrons. The van der Waals surface area contributed by atoms with Crippen LogP contribution in [0.1, 0.15) is 54.4 Å². The van der Waals surface area contributed by atoms with Gasteiger partial charge >= 0.3 is 0 Å². The Labute approximate surface area is 189 Å². The molecule has 2 fully saturated rings. The second-order valence-corrected chi connectivity index (χ2v) is 8.72. The molecule has 6 heteroatoms. The van der Waals surface area contributed by atoms with Crippen LogP contribution in [0.4, 0.5) is 4.39 Å². The van der Waals surface area contributed by atoms with Crippen LogP contribution in [0.15, 0.2) is 48.5 Å². The highest BCUT2D eigenvalue weighted by atomic mass is 19.1. The largest absolute Gasteiger partial charge is 0.488 e. The van der Waals surface area contributed by atoms with Gasteiger partial charge in [-0.1, -0.05) is 37.1 Å². The molecule has 0 saturated carbocycles. The van der Waals surface area contributed by atoms with Crippen molar-refractivity contribution in [2.45, 2.75) is 45.1 Å². The zero-order valence-electron chi connectivity index (χ0n) is 18.5. The Kier molecular flexibility index (Phi) is 7.40. The van der Waals surface area contributed by atoms with E-state index in [1.165, 1.54) is 25.0 Å². The standard InChI is InChI=1S/C26H31FN2O3/c27-22-11-9-20(10-12-22)19-32-24-8-4-3-7-23(24)26(31)29-17-13-21(14-18-29)25(30)28-15-5-1-2-6-16-28/h3-4,7-12,21H,1-2,5-6,13-19H2. The number of nitrogens with zero attached hydrogens (tertiary/aromatic N) is 2. The number of rotatable bonds is 5. The SMILES string of the molecule is O=C(c1ccccc1OCc1ccc(F)cc1)N1CCC(C(=O)N2CCCCCC2)CC1. The van der Waals surface area contributed by atoms with Gasteiger partial charge in [-0.25, -0.2) is 4.39 Å². The molecule has 0 aliphatic carbocycles. The van der Waals surface area contributed by atoms with E-state index < -0.39 is 0 Å². The van der Waals surface area contributed by atoms with Crippen molar-refractivity contribution in [1.82, 2.24) is 9.80 Å². The molecule has 0 bridgehead atoms. The molecule has 2 amide bonds. The summed E-state index contributed by atoms with van der Waals surface area (Å²) in [6.07, 6.45) is 6.02. The van der Waals surface area contributed by atoms with Crippen molar-refractivity contribution < 1.29 is 18.7 Å². The zero-order chi connectivity index (χ0) is 22.3. The van der Waals surface area contributed by atoms with Crippen molar-refractivity contribution in [2.24, 2.45) is 5.92 Å². The van der Waals surface area contributed by atoms with Gasteiger partial charge in [-0.3, -0.25) is 9.59 Å². The molecule has 0 unspecified atom stereocenters. The third kappa shape index (κ3) is 5.47. The van der Waals surface area contributed by atoms with Crippen molar-refractivity contribution in [3.8, 4) is 5.75 Å². The minimum atomic E-state index is -0.290. The normalized spacial score (nSPS) is 17.7. The Hall–Kier alpha value is -2.89. The van der Waals surface area contributed by atoms with Gasteiger partial charge in [-0.2, -0.15) is 0 Å². The summed E-state index contributed by atoms with van der Waals surface area (Å²) in [6.45, 7) is 3.16. The number of piperidine rings is 1. The van der Waals surface area contributed by atoms with E-state index in [2.05, 4.69) is 0 Å². The number of benzene rings is 2. The number of halogens is 1. The Bertz CT molecular complexity index is 915. The van der Waals surface area contributed by atoms with Gasteiger partial charge in [0.25, 0.3) is 5.91 Å². The van der Waals surface area contributed by atoms with Crippen LogP contribution in [0.3, 0.4) is 0 Å². The molecule has 4 rings (SSSR count). The molecule has 0 spiro atoms. The van der Waals surface area contributed by atoms with Gasteiger partial charge in [-0.05, 0) is 55.5 Å². The molecule has 2 aromatic rings. The smallest absolute Gasteiger partial charge is 0.257 e. The summed E-state index contributed by atoms with van der Waals surface area (Å²) in [5.74, 6) is 0.441. The van der Waals surface area contributed by atoms with E-state index in [-0.39, 0.29) is 30.2 Å². The van der Waals surface area contributed by atoms with E-state index in [9.17, 15) is 14.0 Å².